The molecule has 0 fully saturated rings. The molecule has 0 aliphatic heterocycles. The first-order chi connectivity index (χ1) is 7.19. The van der Waals surface area contributed by atoms with E-state index in [1.165, 1.54) is 5.56 Å². The topological polar surface area (TPSA) is 9.23 Å². The Balaban J connectivity index is 2.83. The van der Waals surface area contributed by atoms with Gasteiger partial charge in [-0.25, -0.2) is 0 Å². The molecule has 1 aromatic rings. The zero-order valence-electron chi connectivity index (χ0n) is 10.3. The Kier molecular flexibility index (Phi) is 4.67. The van der Waals surface area contributed by atoms with E-state index in [-0.39, 0.29) is 0 Å². The van der Waals surface area contributed by atoms with Crippen LogP contribution in [-0.4, -0.2) is 6.10 Å². The van der Waals surface area contributed by atoms with Crippen molar-refractivity contribution < 1.29 is 4.74 Å². The van der Waals surface area contributed by atoms with Crippen LogP contribution in [0.15, 0.2) is 24.3 Å². The second-order valence-electron chi connectivity index (χ2n) is 4.25. The molecular formula is C14H22O. The first-order valence-electron chi connectivity index (χ1n) is 5.94. The van der Waals surface area contributed by atoms with Crippen molar-refractivity contribution in [2.75, 3.05) is 0 Å². The highest BCUT2D eigenvalue weighted by Crippen LogP contribution is 2.27. The molecule has 1 rings (SSSR count). The first-order valence-corrected chi connectivity index (χ1v) is 5.94. The summed E-state index contributed by atoms with van der Waals surface area (Å²) >= 11 is 0. The van der Waals surface area contributed by atoms with Gasteiger partial charge in [-0.3, -0.25) is 0 Å². The number of hydrogen-bond acceptors (Lipinski definition) is 1. The van der Waals surface area contributed by atoms with Gasteiger partial charge in [-0.15, -0.1) is 0 Å². The van der Waals surface area contributed by atoms with E-state index in [0.717, 1.165) is 18.6 Å². The first kappa shape index (κ1) is 12.1. The average molecular weight is 206 g/mol. The van der Waals surface area contributed by atoms with Gasteiger partial charge in [0.15, 0.2) is 0 Å². The van der Waals surface area contributed by atoms with Crippen LogP contribution in [0.2, 0.25) is 0 Å². The van der Waals surface area contributed by atoms with Gasteiger partial charge in [0.25, 0.3) is 0 Å². The highest BCUT2D eigenvalue weighted by Gasteiger charge is 2.10. The molecular weight excluding hydrogens is 184 g/mol. The summed E-state index contributed by atoms with van der Waals surface area (Å²) in [6.45, 7) is 8.75. The quantitative estimate of drug-likeness (QED) is 0.694. The molecule has 0 aliphatic rings. The SMILES string of the molecule is CCC(CC)Oc1ccccc1C(C)C. The molecule has 0 aliphatic carbocycles. The fraction of sp³-hybridized carbons (Fsp3) is 0.571. The van der Waals surface area contributed by atoms with Crippen LogP contribution in [0, 0.1) is 0 Å². The van der Waals surface area contributed by atoms with Crippen LogP contribution < -0.4 is 4.74 Å². The molecule has 1 nitrogen and oxygen atoms in total. The van der Waals surface area contributed by atoms with Gasteiger partial charge in [-0.2, -0.15) is 0 Å². The Labute approximate surface area is 93.5 Å². The van der Waals surface area contributed by atoms with Crippen LogP contribution in [0.1, 0.15) is 52.0 Å². The summed E-state index contributed by atoms with van der Waals surface area (Å²) in [4.78, 5) is 0. The third-order valence-electron chi connectivity index (χ3n) is 2.75. The van der Waals surface area contributed by atoms with E-state index < -0.39 is 0 Å². The lowest BCUT2D eigenvalue weighted by Crippen LogP contribution is -2.14. The van der Waals surface area contributed by atoms with Gasteiger partial charge in [0.2, 0.25) is 0 Å². The predicted octanol–water partition coefficient (Wildman–Crippen LogP) is 4.38. The van der Waals surface area contributed by atoms with Gasteiger partial charge in [-0.05, 0) is 30.4 Å². The summed E-state index contributed by atoms with van der Waals surface area (Å²) in [7, 11) is 0. The van der Waals surface area contributed by atoms with Crippen LogP contribution in [0.25, 0.3) is 0 Å². The van der Waals surface area contributed by atoms with E-state index >= 15 is 0 Å². The molecule has 0 spiro atoms. The molecule has 0 bridgehead atoms. The standard InChI is InChI=1S/C14H22O/c1-5-12(6-2)15-14-10-8-7-9-13(14)11(3)4/h7-12H,5-6H2,1-4H3. The summed E-state index contributed by atoms with van der Waals surface area (Å²) in [6, 6.07) is 8.36. The van der Waals surface area contributed by atoms with Crippen molar-refractivity contribution in [2.24, 2.45) is 0 Å². The molecule has 0 unspecified atom stereocenters. The average Bonchev–Trinajstić information content (AvgIpc) is 2.26. The molecule has 0 heterocycles. The lowest BCUT2D eigenvalue weighted by Gasteiger charge is -2.19. The predicted molar refractivity (Wildman–Crippen MR) is 65.5 cm³/mol. The lowest BCUT2D eigenvalue weighted by molar-refractivity contribution is 0.190. The Morgan fingerprint density at radius 3 is 2.20 bits per heavy atom. The second kappa shape index (κ2) is 5.79. The smallest absolute Gasteiger partial charge is 0.123 e. The molecule has 0 atom stereocenters. The van der Waals surface area contributed by atoms with Gasteiger partial charge in [0, 0.05) is 0 Å². The van der Waals surface area contributed by atoms with E-state index in [9.17, 15) is 0 Å². The van der Waals surface area contributed by atoms with Gasteiger partial charge < -0.3 is 4.74 Å². The maximum Gasteiger partial charge on any atom is 0.123 e. The minimum atomic E-state index is 0.352. The van der Waals surface area contributed by atoms with E-state index in [1.807, 2.05) is 6.07 Å². The van der Waals surface area contributed by atoms with Crippen LogP contribution >= 0.6 is 0 Å². The van der Waals surface area contributed by atoms with Crippen LogP contribution in [0.5, 0.6) is 5.75 Å². The Bertz CT molecular complexity index is 287. The maximum absolute atomic E-state index is 6.01. The highest BCUT2D eigenvalue weighted by atomic mass is 16.5. The van der Waals surface area contributed by atoms with Crippen molar-refractivity contribution in [3.8, 4) is 5.75 Å². The molecule has 1 aromatic carbocycles. The normalized spacial score (nSPS) is 11.1. The largest absolute Gasteiger partial charge is 0.490 e. The fourth-order valence-corrected chi connectivity index (χ4v) is 1.70. The van der Waals surface area contributed by atoms with Crippen molar-refractivity contribution in [2.45, 2.75) is 52.6 Å². The summed E-state index contributed by atoms with van der Waals surface area (Å²) in [6.07, 6.45) is 2.50. The zero-order chi connectivity index (χ0) is 11.3. The monoisotopic (exact) mass is 206 g/mol. The Hall–Kier alpha value is -0.980. The van der Waals surface area contributed by atoms with Crippen molar-refractivity contribution in [1.29, 1.82) is 0 Å². The summed E-state index contributed by atoms with van der Waals surface area (Å²) in [5.74, 6) is 1.58. The number of benzene rings is 1. The number of para-hydroxylation sites is 1. The summed E-state index contributed by atoms with van der Waals surface area (Å²) < 4.78 is 6.01. The lowest BCUT2D eigenvalue weighted by atomic mass is 10.0. The number of rotatable bonds is 5. The number of ether oxygens (including phenoxy) is 1. The van der Waals surface area contributed by atoms with Crippen LogP contribution in [0.3, 0.4) is 0 Å². The van der Waals surface area contributed by atoms with Crippen molar-refractivity contribution >= 4 is 0 Å². The minimum Gasteiger partial charge on any atom is -0.490 e. The molecule has 0 amide bonds. The van der Waals surface area contributed by atoms with E-state index in [1.54, 1.807) is 0 Å². The van der Waals surface area contributed by atoms with Crippen molar-refractivity contribution in [3.63, 3.8) is 0 Å². The van der Waals surface area contributed by atoms with Gasteiger partial charge >= 0.3 is 0 Å². The van der Waals surface area contributed by atoms with Crippen LogP contribution in [0.4, 0.5) is 0 Å². The summed E-state index contributed by atoms with van der Waals surface area (Å²) in [5, 5.41) is 0. The number of hydrogen-bond donors (Lipinski definition) is 0. The molecule has 0 saturated carbocycles. The third-order valence-corrected chi connectivity index (χ3v) is 2.75. The van der Waals surface area contributed by atoms with Gasteiger partial charge in [-0.1, -0.05) is 45.9 Å². The van der Waals surface area contributed by atoms with E-state index in [0.29, 0.717) is 12.0 Å². The van der Waals surface area contributed by atoms with Gasteiger partial charge in [0.1, 0.15) is 5.75 Å². The van der Waals surface area contributed by atoms with Crippen molar-refractivity contribution in [1.82, 2.24) is 0 Å². The fourth-order valence-electron chi connectivity index (χ4n) is 1.70. The Morgan fingerprint density at radius 2 is 1.67 bits per heavy atom. The zero-order valence-corrected chi connectivity index (χ0v) is 10.3. The van der Waals surface area contributed by atoms with E-state index in [2.05, 4.69) is 45.9 Å². The van der Waals surface area contributed by atoms with Crippen molar-refractivity contribution in [3.05, 3.63) is 29.8 Å². The molecule has 0 saturated heterocycles. The molecule has 1 heteroatoms. The third kappa shape index (κ3) is 3.26. The maximum atomic E-state index is 6.01. The van der Waals surface area contributed by atoms with Crippen LogP contribution in [-0.2, 0) is 0 Å². The minimum absolute atomic E-state index is 0.352. The molecule has 15 heavy (non-hydrogen) atoms. The molecule has 84 valence electrons. The molecule has 0 N–H and O–H groups in total. The second-order valence-corrected chi connectivity index (χ2v) is 4.25. The highest BCUT2D eigenvalue weighted by molar-refractivity contribution is 5.35. The van der Waals surface area contributed by atoms with Gasteiger partial charge in [0.05, 0.1) is 6.10 Å². The van der Waals surface area contributed by atoms with E-state index in [4.69, 9.17) is 4.74 Å². The molecule has 0 aromatic heterocycles. The molecule has 0 radical (unpaired) electrons. The summed E-state index contributed by atoms with van der Waals surface area (Å²) in [5.41, 5.74) is 1.31. The Morgan fingerprint density at radius 1 is 1.07 bits per heavy atom.